The van der Waals surface area contributed by atoms with E-state index in [1.807, 2.05) is 17.8 Å². The molecule has 1 fully saturated rings. The molecule has 1 aliphatic rings. The molecule has 1 saturated carbocycles. The average molecular weight is 180 g/mol. The Morgan fingerprint density at radius 1 is 1.69 bits per heavy atom. The summed E-state index contributed by atoms with van der Waals surface area (Å²) in [6.07, 6.45) is 7.94. The Hall–Kier alpha value is -0.830. The summed E-state index contributed by atoms with van der Waals surface area (Å²) in [5, 5.41) is 9.78. The van der Waals surface area contributed by atoms with Gasteiger partial charge < -0.3 is 9.67 Å². The number of aryl methyl sites for hydroxylation is 1. The maximum atomic E-state index is 9.78. The maximum absolute atomic E-state index is 9.78. The summed E-state index contributed by atoms with van der Waals surface area (Å²) >= 11 is 0. The molecule has 0 amide bonds. The highest BCUT2D eigenvalue weighted by Gasteiger charge is 2.23. The van der Waals surface area contributed by atoms with Gasteiger partial charge in [0.05, 0.1) is 0 Å². The van der Waals surface area contributed by atoms with Gasteiger partial charge in [0.2, 0.25) is 0 Å². The minimum atomic E-state index is -0.374. The lowest BCUT2D eigenvalue weighted by atomic mass is 10.1. The highest BCUT2D eigenvalue weighted by molar-refractivity contribution is 4.95. The highest BCUT2D eigenvalue weighted by Crippen LogP contribution is 2.35. The Labute approximate surface area is 78.4 Å². The van der Waals surface area contributed by atoms with Crippen LogP contribution < -0.4 is 0 Å². The SMILES string of the molecule is Cn1ccnc1C(O)CCC1CC1. The van der Waals surface area contributed by atoms with Gasteiger partial charge in [-0.2, -0.15) is 0 Å². The fourth-order valence-electron chi connectivity index (χ4n) is 1.63. The Balaban J connectivity index is 1.88. The van der Waals surface area contributed by atoms with Crippen molar-refractivity contribution in [3.8, 4) is 0 Å². The summed E-state index contributed by atoms with van der Waals surface area (Å²) in [6.45, 7) is 0. The third-order valence-electron chi connectivity index (χ3n) is 2.70. The Morgan fingerprint density at radius 3 is 3.00 bits per heavy atom. The van der Waals surface area contributed by atoms with E-state index >= 15 is 0 Å². The second kappa shape index (κ2) is 3.50. The molecule has 1 aromatic rings. The molecule has 0 radical (unpaired) electrons. The van der Waals surface area contributed by atoms with Gasteiger partial charge in [0.15, 0.2) is 0 Å². The lowest BCUT2D eigenvalue weighted by Crippen LogP contribution is -2.05. The van der Waals surface area contributed by atoms with E-state index in [0.717, 1.165) is 24.6 Å². The van der Waals surface area contributed by atoms with E-state index in [4.69, 9.17) is 0 Å². The molecule has 2 rings (SSSR count). The first kappa shape index (κ1) is 8.75. The van der Waals surface area contributed by atoms with Gasteiger partial charge >= 0.3 is 0 Å². The van der Waals surface area contributed by atoms with Gasteiger partial charge in [0.1, 0.15) is 11.9 Å². The van der Waals surface area contributed by atoms with E-state index in [0.29, 0.717) is 0 Å². The number of aromatic nitrogens is 2. The molecule has 0 aromatic carbocycles. The van der Waals surface area contributed by atoms with Crippen molar-refractivity contribution >= 4 is 0 Å². The van der Waals surface area contributed by atoms with Crippen LogP contribution in [-0.4, -0.2) is 14.7 Å². The van der Waals surface area contributed by atoms with E-state index < -0.39 is 0 Å². The summed E-state index contributed by atoms with van der Waals surface area (Å²) in [7, 11) is 1.92. The summed E-state index contributed by atoms with van der Waals surface area (Å²) in [4.78, 5) is 4.13. The van der Waals surface area contributed by atoms with Crippen molar-refractivity contribution in [1.82, 2.24) is 9.55 Å². The predicted octanol–water partition coefficient (Wildman–Crippen LogP) is 1.64. The van der Waals surface area contributed by atoms with Crippen LogP contribution in [0.5, 0.6) is 0 Å². The zero-order valence-electron chi connectivity index (χ0n) is 7.98. The first-order valence-electron chi connectivity index (χ1n) is 4.92. The van der Waals surface area contributed by atoms with Gasteiger partial charge in [-0.05, 0) is 18.8 Å². The highest BCUT2D eigenvalue weighted by atomic mass is 16.3. The predicted molar refractivity (Wildman–Crippen MR) is 50.1 cm³/mol. The van der Waals surface area contributed by atoms with Crippen LogP contribution in [-0.2, 0) is 7.05 Å². The molecular weight excluding hydrogens is 164 g/mol. The first-order chi connectivity index (χ1) is 6.27. The van der Waals surface area contributed by atoms with Gasteiger partial charge in [-0.1, -0.05) is 12.8 Å². The lowest BCUT2D eigenvalue weighted by Gasteiger charge is -2.09. The summed E-state index contributed by atoms with van der Waals surface area (Å²) in [6, 6.07) is 0. The summed E-state index contributed by atoms with van der Waals surface area (Å²) in [5.41, 5.74) is 0. The largest absolute Gasteiger partial charge is 0.385 e. The average Bonchev–Trinajstić information content (AvgIpc) is 2.84. The molecule has 72 valence electrons. The van der Waals surface area contributed by atoms with Gasteiger partial charge in [0.25, 0.3) is 0 Å². The fraction of sp³-hybridized carbons (Fsp3) is 0.700. The van der Waals surface area contributed by atoms with Crippen molar-refractivity contribution in [3.63, 3.8) is 0 Å². The van der Waals surface area contributed by atoms with Crippen LogP contribution in [0.3, 0.4) is 0 Å². The minimum Gasteiger partial charge on any atom is -0.385 e. The van der Waals surface area contributed by atoms with Crippen molar-refractivity contribution in [2.24, 2.45) is 13.0 Å². The molecule has 1 unspecified atom stereocenters. The topological polar surface area (TPSA) is 38.0 Å². The van der Waals surface area contributed by atoms with Gasteiger partial charge in [-0.3, -0.25) is 0 Å². The molecule has 0 saturated heterocycles. The van der Waals surface area contributed by atoms with Crippen LogP contribution in [0, 0.1) is 5.92 Å². The number of hydrogen-bond donors (Lipinski definition) is 1. The first-order valence-corrected chi connectivity index (χ1v) is 4.92. The van der Waals surface area contributed by atoms with E-state index in [1.54, 1.807) is 6.20 Å². The molecule has 0 aliphatic heterocycles. The van der Waals surface area contributed by atoms with Crippen molar-refractivity contribution in [1.29, 1.82) is 0 Å². The van der Waals surface area contributed by atoms with Gasteiger partial charge in [0, 0.05) is 19.4 Å². The zero-order valence-corrected chi connectivity index (χ0v) is 7.98. The number of nitrogens with zero attached hydrogens (tertiary/aromatic N) is 2. The quantitative estimate of drug-likeness (QED) is 0.765. The van der Waals surface area contributed by atoms with Crippen LogP contribution >= 0.6 is 0 Å². The minimum absolute atomic E-state index is 0.374. The van der Waals surface area contributed by atoms with E-state index in [-0.39, 0.29) is 6.10 Å². The normalized spacial score (nSPS) is 18.9. The molecule has 0 spiro atoms. The van der Waals surface area contributed by atoms with Crippen LogP contribution in [0.25, 0.3) is 0 Å². The lowest BCUT2D eigenvalue weighted by molar-refractivity contribution is 0.149. The molecule has 1 aromatic heterocycles. The van der Waals surface area contributed by atoms with Crippen LogP contribution in [0.4, 0.5) is 0 Å². The second-order valence-corrected chi connectivity index (χ2v) is 3.93. The van der Waals surface area contributed by atoms with Crippen LogP contribution in [0.1, 0.15) is 37.6 Å². The van der Waals surface area contributed by atoms with Crippen LogP contribution in [0.15, 0.2) is 12.4 Å². The number of imidazole rings is 1. The monoisotopic (exact) mass is 180 g/mol. The van der Waals surface area contributed by atoms with E-state index in [1.165, 1.54) is 12.8 Å². The smallest absolute Gasteiger partial charge is 0.137 e. The van der Waals surface area contributed by atoms with Gasteiger partial charge in [-0.25, -0.2) is 4.98 Å². The molecule has 13 heavy (non-hydrogen) atoms. The molecule has 1 N–H and O–H groups in total. The number of aliphatic hydroxyl groups excluding tert-OH is 1. The van der Waals surface area contributed by atoms with Crippen molar-refractivity contribution in [2.45, 2.75) is 31.8 Å². The summed E-state index contributed by atoms with van der Waals surface area (Å²) < 4.78 is 1.89. The zero-order chi connectivity index (χ0) is 9.26. The molecular formula is C10H16N2O. The Morgan fingerprint density at radius 2 is 2.46 bits per heavy atom. The van der Waals surface area contributed by atoms with E-state index in [2.05, 4.69) is 4.98 Å². The number of rotatable bonds is 4. The molecule has 0 bridgehead atoms. The third-order valence-corrected chi connectivity index (χ3v) is 2.70. The van der Waals surface area contributed by atoms with Crippen molar-refractivity contribution < 1.29 is 5.11 Å². The van der Waals surface area contributed by atoms with Crippen LogP contribution in [0.2, 0.25) is 0 Å². The van der Waals surface area contributed by atoms with Gasteiger partial charge in [-0.15, -0.1) is 0 Å². The fourth-order valence-corrected chi connectivity index (χ4v) is 1.63. The molecule has 3 heteroatoms. The number of aliphatic hydroxyl groups is 1. The summed E-state index contributed by atoms with van der Waals surface area (Å²) in [5.74, 6) is 1.68. The third kappa shape index (κ3) is 2.10. The molecule has 3 nitrogen and oxygen atoms in total. The molecule has 1 atom stereocenters. The van der Waals surface area contributed by atoms with E-state index in [9.17, 15) is 5.11 Å². The Kier molecular flexibility index (Phi) is 2.36. The van der Waals surface area contributed by atoms with Crippen molar-refractivity contribution in [2.75, 3.05) is 0 Å². The standard InChI is InChI=1S/C10H16N2O/c1-12-7-6-11-10(12)9(13)5-4-8-2-3-8/h6-9,13H,2-5H2,1H3. The number of hydrogen-bond acceptors (Lipinski definition) is 2. The van der Waals surface area contributed by atoms with Crippen molar-refractivity contribution in [3.05, 3.63) is 18.2 Å². The molecule has 1 heterocycles. The Bertz CT molecular complexity index is 278. The maximum Gasteiger partial charge on any atom is 0.137 e. The molecule has 1 aliphatic carbocycles. The second-order valence-electron chi connectivity index (χ2n) is 3.93.